The molecule has 3 rings (SSSR count). The number of benzene rings is 2. The highest BCUT2D eigenvalue weighted by Gasteiger charge is 2.44. The first-order valence-electron chi connectivity index (χ1n) is 10.8. The van der Waals surface area contributed by atoms with Crippen LogP contribution in [0, 0.1) is 0 Å². The predicted octanol–water partition coefficient (Wildman–Crippen LogP) is 1.99. The van der Waals surface area contributed by atoms with Crippen molar-refractivity contribution in [1.82, 2.24) is 0 Å². The van der Waals surface area contributed by atoms with Gasteiger partial charge in [-0.2, -0.15) is 0 Å². The Balaban J connectivity index is 1.95. The van der Waals surface area contributed by atoms with Crippen molar-refractivity contribution in [2.24, 2.45) is 0 Å². The summed E-state index contributed by atoms with van der Waals surface area (Å²) in [6, 6.07) is 11.1. The largest absolute Gasteiger partial charge is 0.494 e. The molecule has 1 fully saturated rings. The molecule has 7 nitrogen and oxygen atoms in total. The van der Waals surface area contributed by atoms with Gasteiger partial charge in [-0.25, -0.2) is 0 Å². The van der Waals surface area contributed by atoms with Crippen LogP contribution >= 0.6 is 11.6 Å². The Morgan fingerprint density at radius 3 is 2.45 bits per heavy atom. The number of hydrogen-bond acceptors (Lipinski definition) is 7. The lowest BCUT2D eigenvalue weighted by molar-refractivity contribution is -0.232. The van der Waals surface area contributed by atoms with Crippen LogP contribution in [0.1, 0.15) is 36.7 Å². The zero-order valence-electron chi connectivity index (χ0n) is 18.3. The smallest absolute Gasteiger partial charge is 0.119 e. The molecule has 0 aliphatic carbocycles. The molecule has 1 aliphatic rings. The van der Waals surface area contributed by atoms with Crippen molar-refractivity contribution < 1.29 is 36.0 Å². The van der Waals surface area contributed by atoms with Gasteiger partial charge in [-0.15, -0.1) is 0 Å². The summed E-state index contributed by atoms with van der Waals surface area (Å²) in [5.74, 6) is 0.771. The average Bonchev–Trinajstić information content (AvgIpc) is 2.79. The Morgan fingerprint density at radius 1 is 1.06 bits per heavy atom. The lowest BCUT2D eigenvalue weighted by atomic mass is 9.87. The molecule has 170 valence electrons. The van der Waals surface area contributed by atoms with Crippen molar-refractivity contribution in [1.29, 1.82) is 0 Å². The summed E-state index contributed by atoms with van der Waals surface area (Å²) in [5.41, 5.74) is 2.85. The molecule has 4 N–H and O–H groups in total. The van der Waals surface area contributed by atoms with Gasteiger partial charge in [0.1, 0.15) is 36.3 Å². The Labute approximate surface area is 188 Å². The zero-order chi connectivity index (χ0) is 23.3. The molecule has 2 aromatic rings. The number of halogens is 1. The van der Waals surface area contributed by atoms with Crippen molar-refractivity contribution in [2.45, 2.75) is 50.5 Å². The maximum absolute atomic E-state index is 10.6. The highest BCUT2D eigenvalue weighted by Crippen LogP contribution is 2.37. The van der Waals surface area contributed by atoms with Crippen molar-refractivity contribution in [3.8, 4) is 5.75 Å². The molecule has 1 saturated heterocycles. The van der Waals surface area contributed by atoms with E-state index in [1.807, 2.05) is 31.2 Å². The van der Waals surface area contributed by atoms with Crippen molar-refractivity contribution >= 4 is 11.6 Å². The Hall–Kier alpha value is -1.71. The van der Waals surface area contributed by atoms with E-state index in [9.17, 15) is 20.4 Å². The summed E-state index contributed by atoms with van der Waals surface area (Å²) < 4.78 is 23.7. The van der Waals surface area contributed by atoms with Crippen LogP contribution in [0.25, 0.3) is 0 Å². The first-order chi connectivity index (χ1) is 15.4. The minimum atomic E-state index is -1.50. The molecule has 8 heteroatoms. The number of hydrogen-bond donors (Lipinski definition) is 4. The predicted molar refractivity (Wildman–Crippen MR) is 115 cm³/mol. The Morgan fingerprint density at radius 2 is 1.81 bits per heavy atom. The molecule has 1 aliphatic heterocycles. The maximum atomic E-state index is 10.6. The van der Waals surface area contributed by atoms with Crippen LogP contribution in [0.5, 0.6) is 5.75 Å². The third-order valence-corrected chi connectivity index (χ3v) is 5.75. The second-order valence-corrected chi connectivity index (χ2v) is 7.90. The molecule has 0 unspecified atom stereocenters. The fourth-order valence-electron chi connectivity index (χ4n) is 3.76. The van der Waals surface area contributed by atoms with Crippen LogP contribution in [0.2, 0.25) is 5.02 Å². The van der Waals surface area contributed by atoms with E-state index in [0.29, 0.717) is 29.2 Å². The van der Waals surface area contributed by atoms with E-state index in [2.05, 4.69) is 0 Å². The maximum Gasteiger partial charge on any atom is 0.119 e. The van der Waals surface area contributed by atoms with Gasteiger partial charge < -0.3 is 34.6 Å². The molecular formula is C23H29ClO7. The fourth-order valence-corrected chi connectivity index (χ4v) is 4.02. The standard InChI is InChI=1S/C23H29ClO7/c1-3-30-16-6-4-13(5-7-16)8-14-9-17(15(12-29-2)10-18(14)24)23-22(28)21(27)20(26)19(11-25)31-23/h4-7,9-10,19-23,25-28H,3,8,11-12H2,1-2H3/t19-,20-,21+,22-,23+/m1/s1/i2D. The van der Waals surface area contributed by atoms with Gasteiger partial charge in [-0.3, -0.25) is 0 Å². The molecule has 1 heterocycles. The van der Waals surface area contributed by atoms with Gasteiger partial charge in [0.2, 0.25) is 0 Å². The molecule has 0 amide bonds. The molecule has 0 radical (unpaired) electrons. The molecule has 2 aromatic carbocycles. The summed E-state index contributed by atoms with van der Waals surface area (Å²) in [6.45, 7) is 2.03. The summed E-state index contributed by atoms with van der Waals surface area (Å²) in [6.07, 6.45) is -5.94. The fraction of sp³-hybridized carbons (Fsp3) is 0.478. The van der Waals surface area contributed by atoms with E-state index >= 15 is 0 Å². The Kier molecular flexibility index (Phi) is 7.79. The second-order valence-electron chi connectivity index (χ2n) is 7.49. The third-order valence-electron chi connectivity index (χ3n) is 5.39. The highest BCUT2D eigenvalue weighted by atomic mass is 35.5. The number of ether oxygens (including phenoxy) is 3. The van der Waals surface area contributed by atoms with Crippen LogP contribution in [-0.4, -0.2) is 65.1 Å². The normalized spacial score (nSPS) is 26.5. The van der Waals surface area contributed by atoms with E-state index in [1.165, 1.54) is 0 Å². The SMILES string of the molecule is [2H]COCc1cc(Cl)c(Cc2ccc(OCC)cc2)cc1[C@@H]1O[C@H](CO)[C@@H](O)[C@H](O)[C@H]1O. The van der Waals surface area contributed by atoms with E-state index in [0.717, 1.165) is 16.9 Å². The molecular weight excluding hydrogens is 424 g/mol. The topological polar surface area (TPSA) is 109 Å². The number of aliphatic hydroxyl groups is 4. The number of aliphatic hydroxyl groups excluding tert-OH is 4. The quantitative estimate of drug-likeness (QED) is 0.484. The molecule has 0 aromatic heterocycles. The first kappa shape index (κ1) is 22.5. The minimum Gasteiger partial charge on any atom is -0.494 e. The summed E-state index contributed by atoms with van der Waals surface area (Å²) >= 11 is 6.53. The van der Waals surface area contributed by atoms with Crippen molar-refractivity contribution in [2.75, 3.05) is 20.3 Å². The van der Waals surface area contributed by atoms with Crippen LogP contribution < -0.4 is 4.74 Å². The minimum absolute atomic E-state index is 0.0525. The van der Waals surface area contributed by atoms with E-state index < -0.39 is 37.1 Å². The number of rotatable bonds is 8. The van der Waals surface area contributed by atoms with Crippen molar-refractivity contribution in [3.63, 3.8) is 0 Å². The van der Waals surface area contributed by atoms with E-state index in [4.69, 9.17) is 27.2 Å². The summed E-state index contributed by atoms with van der Waals surface area (Å²) in [7, 11) is -0.264. The monoisotopic (exact) mass is 453 g/mol. The molecule has 5 atom stereocenters. The summed E-state index contributed by atoms with van der Waals surface area (Å²) in [4.78, 5) is 0. The van der Waals surface area contributed by atoms with Crippen LogP contribution in [0.4, 0.5) is 0 Å². The van der Waals surface area contributed by atoms with E-state index in [1.54, 1.807) is 12.1 Å². The van der Waals surface area contributed by atoms with Crippen molar-refractivity contribution in [3.05, 3.63) is 63.7 Å². The van der Waals surface area contributed by atoms with Crippen LogP contribution in [0.15, 0.2) is 36.4 Å². The molecule has 0 spiro atoms. The van der Waals surface area contributed by atoms with Gasteiger partial charge in [0, 0.05) is 12.1 Å². The lowest BCUT2D eigenvalue weighted by Crippen LogP contribution is -2.55. The average molecular weight is 454 g/mol. The second kappa shape index (κ2) is 10.7. The van der Waals surface area contributed by atoms with Gasteiger partial charge in [0.05, 0.1) is 21.2 Å². The van der Waals surface area contributed by atoms with Gasteiger partial charge >= 0.3 is 0 Å². The number of methoxy groups -OCH3 is 1. The van der Waals surface area contributed by atoms with Gasteiger partial charge in [-0.05, 0) is 53.8 Å². The Bertz CT molecular complexity index is 877. The highest BCUT2D eigenvalue weighted by molar-refractivity contribution is 6.31. The summed E-state index contributed by atoms with van der Waals surface area (Å²) in [5, 5.41) is 41.0. The molecule has 0 bridgehead atoms. The first-order valence-corrected chi connectivity index (χ1v) is 10.5. The third kappa shape index (κ3) is 5.38. The van der Waals surface area contributed by atoms with E-state index in [-0.39, 0.29) is 13.7 Å². The lowest BCUT2D eigenvalue weighted by Gasteiger charge is -2.41. The van der Waals surface area contributed by atoms with Gasteiger partial charge in [-0.1, -0.05) is 29.8 Å². The van der Waals surface area contributed by atoms with Crippen LogP contribution in [-0.2, 0) is 22.5 Å². The molecule has 0 saturated carbocycles. The van der Waals surface area contributed by atoms with Crippen LogP contribution in [0.3, 0.4) is 0 Å². The van der Waals surface area contributed by atoms with Gasteiger partial charge in [0.25, 0.3) is 0 Å². The molecule has 31 heavy (non-hydrogen) atoms. The zero-order valence-corrected chi connectivity index (χ0v) is 18.0. The van der Waals surface area contributed by atoms with Gasteiger partial charge in [0.15, 0.2) is 0 Å².